The van der Waals surface area contributed by atoms with Crippen LogP contribution in [0.1, 0.15) is 26.2 Å². The number of aliphatic hydroxyl groups excluding tert-OH is 1. The monoisotopic (exact) mass is 252 g/mol. The molecule has 0 radical (unpaired) electrons. The molecule has 4 heteroatoms. The molecule has 1 saturated carbocycles. The number of amides is 1. The molecule has 2 heterocycles. The van der Waals surface area contributed by atoms with Crippen molar-refractivity contribution >= 4 is 5.91 Å². The van der Waals surface area contributed by atoms with Gasteiger partial charge in [0.05, 0.1) is 0 Å². The van der Waals surface area contributed by atoms with Crippen LogP contribution in [-0.4, -0.2) is 60.1 Å². The predicted molar refractivity (Wildman–Crippen MR) is 69.0 cm³/mol. The Kier molecular flexibility index (Phi) is 3.10. The molecule has 2 atom stereocenters. The van der Waals surface area contributed by atoms with Crippen molar-refractivity contribution in [3.8, 4) is 0 Å². The third-order valence-electron chi connectivity index (χ3n) is 5.07. The average Bonchev–Trinajstić information content (AvgIpc) is 2.87. The molecule has 0 aromatic carbocycles. The maximum absolute atomic E-state index is 11.7. The van der Waals surface area contributed by atoms with E-state index in [1.807, 2.05) is 11.8 Å². The SMILES string of the molecule is CCC(=O)N1CC2CN(CC3(CO)CC3)CC2C1. The Morgan fingerprint density at radius 2 is 1.83 bits per heavy atom. The van der Waals surface area contributed by atoms with Crippen LogP contribution in [0.2, 0.25) is 0 Å². The molecule has 1 N–H and O–H groups in total. The molecule has 18 heavy (non-hydrogen) atoms. The second kappa shape index (κ2) is 4.49. The first-order chi connectivity index (χ1) is 8.65. The van der Waals surface area contributed by atoms with Crippen LogP contribution in [0.15, 0.2) is 0 Å². The Morgan fingerprint density at radius 1 is 1.22 bits per heavy atom. The van der Waals surface area contributed by atoms with Crippen molar-refractivity contribution in [1.29, 1.82) is 0 Å². The van der Waals surface area contributed by atoms with Gasteiger partial charge in [0.1, 0.15) is 0 Å². The van der Waals surface area contributed by atoms with Crippen molar-refractivity contribution in [2.75, 3.05) is 39.3 Å². The number of aliphatic hydroxyl groups is 1. The van der Waals surface area contributed by atoms with Crippen LogP contribution >= 0.6 is 0 Å². The van der Waals surface area contributed by atoms with Gasteiger partial charge < -0.3 is 14.9 Å². The maximum atomic E-state index is 11.7. The number of fused-ring (bicyclic) bond motifs is 1. The van der Waals surface area contributed by atoms with Crippen LogP contribution in [0.4, 0.5) is 0 Å². The van der Waals surface area contributed by atoms with Crippen molar-refractivity contribution < 1.29 is 9.90 Å². The minimum Gasteiger partial charge on any atom is -0.396 e. The van der Waals surface area contributed by atoms with Crippen molar-refractivity contribution in [1.82, 2.24) is 9.80 Å². The summed E-state index contributed by atoms with van der Waals surface area (Å²) in [6.45, 7) is 7.53. The maximum Gasteiger partial charge on any atom is 0.222 e. The molecule has 1 aliphatic carbocycles. The van der Waals surface area contributed by atoms with Gasteiger partial charge >= 0.3 is 0 Å². The van der Waals surface area contributed by atoms with Crippen molar-refractivity contribution in [3.05, 3.63) is 0 Å². The first-order valence-corrected chi connectivity index (χ1v) is 7.27. The number of carbonyl (C=O) groups is 1. The fraction of sp³-hybridized carbons (Fsp3) is 0.929. The molecule has 0 spiro atoms. The van der Waals surface area contributed by atoms with E-state index in [-0.39, 0.29) is 5.41 Å². The number of hydrogen-bond donors (Lipinski definition) is 1. The molecule has 3 rings (SSSR count). The van der Waals surface area contributed by atoms with E-state index in [0.29, 0.717) is 30.8 Å². The summed E-state index contributed by atoms with van der Waals surface area (Å²) >= 11 is 0. The fourth-order valence-corrected chi connectivity index (χ4v) is 3.66. The largest absolute Gasteiger partial charge is 0.396 e. The van der Waals surface area contributed by atoms with Gasteiger partial charge in [0.25, 0.3) is 0 Å². The van der Waals surface area contributed by atoms with Gasteiger partial charge in [0.15, 0.2) is 0 Å². The standard InChI is InChI=1S/C14H24N2O2/c1-2-13(18)16-7-11-5-15(6-12(11)8-16)9-14(10-17)3-4-14/h11-12,17H,2-10H2,1H3. The lowest BCUT2D eigenvalue weighted by Gasteiger charge is -2.24. The smallest absolute Gasteiger partial charge is 0.222 e. The van der Waals surface area contributed by atoms with Crippen molar-refractivity contribution in [2.45, 2.75) is 26.2 Å². The summed E-state index contributed by atoms with van der Waals surface area (Å²) < 4.78 is 0. The summed E-state index contributed by atoms with van der Waals surface area (Å²) in [6, 6.07) is 0. The summed E-state index contributed by atoms with van der Waals surface area (Å²) in [7, 11) is 0. The number of carbonyl (C=O) groups excluding carboxylic acids is 1. The summed E-state index contributed by atoms with van der Waals surface area (Å²) in [5.41, 5.74) is 0.234. The Labute approximate surface area is 109 Å². The highest BCUT2D eigenvalue weighted by atomic mass is 16.3. The molecule has 3 aliphatic rings. The highest BCUT2D eigenvalue weighted by Crippen LogP contribution is 2.47. The summed E-state index contributed by atoms with van der Waals surface area (Å²) in [5, 5.41) is 9.39. The lowest BCUT2D eigenvalue weighted by atomic mass is 10.0. The number of likely N-dealkylation sites (tertiary alicyclic amines) is 2. The number of rotatable bonds is 4. The Hall–Kier alpha value is -0.610. The summed E-state index contributed by atoms with van der Waals surface area (Å²) in [5.74, 6) is 1.66. The van der Waals surface area contributed by atoms with Crippen molar-refractivity contribution in [2.24, 2.45) is 17.3 Å². The van der Waals surface area contributed by atoms with E-state index in [1.54, 1.807) is 0 Å². The fourth-order valence-electron chi connectivity index (χ4n) is 3.66. The number of nitrogens with zero attached hydrogens (tertiary/aromatic N) is 2. The van der Waals surface area contributed by atoms with E-state index in [1.165, 1.54) is 12.8 Å². The predicted octanol–water partition coefficient (Wildman–Crippen LogP) is 0.559. The summed E-state index contributed by atoms with van der Waals surface area (Å²) in [6.07, 6.45) is 3.02. The highest BCUT2D eigenvalue weighted by Gasteiger charge is 2.47. The molecular formula is C14H24N2O2. The minimum atomic E-state index is 0.234. The van der Waals surface area contributed by atoms with Crippen LogP contribution in [0, 0.1) is 17.3 Å². The highest BCUT2D eigenvalue weighted by molar-refractivity contribution is 5.76. The van der Waals surface area contributed by atoms with Gasteiger partial charge in [0, 0.05) is 51.2 Å². The van der Waals surface area contributed by atoms with E-state index in [4.69, 9.17) is 0 Å². The van der Waals surface area contributed by atoms with E-state index in [9.17, 15) is 9.90 Å². The molecule has 2 aliphatic heterocycles. The van der Waals surface area contributed by atoms with Crippen LogP contribution in [0.25, 0.3) is 0 Å². The van der Waals surface area contributed by atoms with Gasteiger partial charge in [-0.2, -0.15) is 0 Å². The van der Waals surface area contributed by atoms with Gasteiger partial charge in [-0.3, -0.25) is 4.79 Å². The zero-order chi connectivity index (χ0) is 12.8. The van der Waals surface area contributed by atoms with Crippen LogP contribution in [-0.2, 0) is 4.79 Å². The Balaban J connectivity index is 1.52. The van der Waals surface area contributed by atoms with Gasteiger partial charge in [-0.15, -0.1) is 0 Å². The van der Waals surface area contributed by atoms with Crippen LogP contribution < -0.4 is 0 Å². The first kappa shape index (κ1) is 12.4. The van der Waals surface area contributed by atoms with Crippen LogP contribution in [0.5, 0.6) is 0 Å². The normalized spacial score (nSPS) is 33.8. The second-order valence-electron chi connectivity index (χ2n) is 6.52. The molecular weight excluding hydrogens is 228 g/mol. The van der Waals surface area contributed by atoms with Crippen LogP contribution in [0.3, 0.4) is 0 Å². The molecule has 1 amide bonds. The third-order valence-corrected chi connectivity index (χ3v) is 5.07. The Morgan fingerprint density at radius 3 is 2.28 bits per heavy atom. The van der Waals surface area contributed by atoms with Gasteiger partial charge in [-0.05, 0) is 24.7 Å². The quantitative estimate of drug-likeness (QED) is 0.795. The topological polar surface area (TPSA) is 43.8 Å². The molecule has 102 valence electrons. The van der Waals surface area contributed by atoms with Gasteiger partial charge in [0.2, 0.25) is 5.91 Å². The van der Waals surface area contributed by atoms with E-state index < -0.39 is 0 Å². The second-order valence-corrected chi connectivity index (χ2v) is 6.52. The average molecular weight is 252 g/mol. The molecule has 0 aromatic heterocycles. The number of hydrogen-bond acceptors (Lipinski definition) is 3. The molecule has 2 saturated heterocycles. The van der Waals surface area contributed by atoms with E-state index >= 15 is 0 Å². The first-order valence-electron chi connectivity index (χ1n) is 7.27. The minimum absolute atomic E-state index is 0.234. The Bertz CT molecular complexity index is 327. The summed E-state index contributed by atoms with van der Waals surface area (Å²) in [4.78, 5) is 16.3. The van der Waals surface area contributed by atoms with Crippen molar-refractivity contribution in [3.63, 3.8) is 0 Å². The molecule has 4 nitrogen and oxygen atoms in total. The molecule has 0 aromatic rings. The van der Waals surface area contributed by atoms with Gasteiger partial charge in [-0.1, -0.05) is 6.92 Å². The van der Waals surface area contributed by atoms with E-state index in [2.05, 4.69) is 4.90 Å². The zero-order valence-corrected chi connectivity index (χ0v) is 11.3. The lowest BCUT2D eigenvalue weighted by Crippen LogP contribution is -2.35. The molecule has 3 fully saturated rings. The van der Waals surface area contributed by atoms with E-state index in [0.717, 1.165) is 32.7 Å². The molecule has 2 unspecified atom stereocenters. The van der Waals surface area contributed by atoms with Gasteiger partial charge in [-0.25, -0.2) is 0 Å². The zero-order valence-electron chi connectivity index (χ0n) is 11.3. The third kappa shape index (κ3) is 2.16. The molecule has 0 bridgehead atoms. The lowest BCUT2D eigenvalue weighted by molar-refractivity contribution is -0.130.